The van der Waals surface area contributed by atoms with Gasteiger partial charge in [0.2, 0.25) is 5.91 Å². The number of β-amino-alcohol motifs (C(OH)–C–C–N with tert-alkyl or cyclic N) is 1. The van der Waals surface area contributed by atoms with Gasteiger partial charge >= 0.3 is 0 Å². The van der Waals surface area contributed by atoms with E-state index >= 15 is 0 Å². The summed E-state index contributed by atoms with van der Waals surface area (Å²) in [6, 6.07) is 0. The van der Waals surface area contributed by atoms with Crippen LogP contribution in [0.15, 0.2) is 0 Å². The van der Waals surface area contributed by atoms with Crippen molar-refractivity contribution >= 4 is 5.91 Å². The molecule has 0 aromatic carbocycles. The molecular formula is C10H18N2O2. The number of rotatable bonds is 2. The van der Waals surface area contributed by atoms with Crippen molar-refractivity contribution in [3.63, 3.8) is 0 Å². The summed E-state index contributed by atoms with van der Waals surface area (Å²) in [5, 5.41) is 12.5. The summed E-state index contributed by atoms with van der Waals surface area (Å²) >= 11 is 0. The van der Waals surface area contributed by atoms with Gasteiger partial charge in [-0.05, 0) is 25.8 Å². The minimum absolute atomic E-state index is 0.183. The molecule has 1 amide bonds. The Bertz CT molecular complexity index is 230. The molecule has 0 spiro atoms. The Labute approximate surface area is 84.3 Å². The van der Waals surface area contributed by atoms with Gasteiger partial charge in [0.1, 0.15) is 0 Å². The number of carbonyl (C=O) groups excluding carboxylic acids is 1. The van der Waals surface area contributed by atoms with Gasteiger partial charge in [-0.1, -0.05) is 6.92 Å². The maximum absolute atomic E-state index is 12.1. The molecule has 0 saturated carbocycles. The number of hydrogen-bond donors (Lipinski definition) is 2. The lowest BCUT2D eigenvalue weighted by Crippen LogP contribution is -2.62. The first-order valence-corrected chi connectivity index (χ1v) is 5.40. The maximum atomic E-state index is 12.1. The first kappa shape index (κ1) is 9.93. The van der Waals surface area contributed by atoms with E-state index in [0.717, 1.165) is 25.8 Å². The quantitative estimate of drug-likeness (QED) is 0.642. The fraction of sp³-hybridized carbons (Fsp3) is 0.900. The molecule has 2 N–H and O–H groups in total. The molecule has 0 aromatic heterocycles. The Hall–Kier alpha value is -0.610. The minimum Gasteiger partial charge on any atom is -0.389 e. The first-order valence-electron chi connectivity index (χ1n) is 5.40. The molecule has 1 atom stereocenters. The summed E-state index contributed by atoms with van der Waals surface area (Å²) in [4.78, 5) is 13.8. The predicted octanol–water partition coefficient (Wildman–Crippen LogP) is -0.278. The average Bonchev–Trinajstić information content (AvgIpc) is 2.61. The highest BCUT2D eigenvalue weighted by Crippen LogP contribution is 2.27. The van der Waals surface area contributed by atoms with Crippen molar-refractivity contribution in [2.45, 2.75) is 37.8 Å². The van der Waals surface area contributed by atoms with Crippen molar-refractivity contribution in [2.24, 2.45) is 0 Å². The third-order valence-corrected chi connectivity index (χ3v) is 3.41. The monoisotopic (exact) mass is 198 g/mol. The highest BCUT2D eigenvalue weighted by atomic mass is 16.3. The second-order valence-corrected chi connectivity index (χ2v) is 4.33. The summed E-state index contributed by atoms with van der Waals surface area (Å²) in [5.41, 5.74) is -0.319. The van der Waals surface area contributed by atoms with E-state index in [1.165, 1.54) is 0 Å². The van der Waals surface area contributed by atoms with E-state index in [-0.39, 0.29) is 17.6 Å². The molecule has 0 aliphatic carbocycles. The summed E-state index contributed by atoms with van der Waals surface area (Å²) in [5.74, 6) is 0.183. The lowest BCUT2D eigenvalue weighted by atomic mass is 9.91. The lowest BCUT2D eigenvalue weighted by molar-refractivity contribution is -0.148. The topological polar surface area (TPSA) is 52.6 Å². The molecule has 14 heavy (non-hydrogen) atoms. The molecule has 1 unspecified atom stereocenters. The number of carbonyl (C=O) groups is 1. The molecule has 0 bridgehead atoms. The van der Waals surface area contributed by atoms with Crippen LogP contribution < -0.4 is 5.32 Å². The standard InChI is InChI=1S/C10H18N2O2/c1-2-10(4-3-5-11-10)9(14)12-6-8(13)7-12/h8,11,13H,2-7H2,1H3. The second kappa shape index (κ2) is 3.51. The lowest BCUT2D eigenvalue weighted by Gasteiger charge is -2.41. The van der Waals surface area contributed by atoms with Crippen LogP contribution in [0.5, 0.6) is 0 Å². The van der Waals surface area contributed by atoms with Gasteiger partial charge in [0.05, 0.1) is 11.6 Å². The van der Waals surface area contributed by atoms with Crippen LogP contribution in [0.1, 0.15) is 26.2 Å². The number of aliphatic hydroxyl groups excluding tert-OH is 1. The van der Waals surface area contributed by atoms with Crippen molar-refractivity contribution < 1.29 is 9.90 Å². The van der Waals surface area contributed by atoms with Crippen LogP contribution in [-0.2, 0) is 4.79 Å². The smallest absolute Gasteiger partial charge is 0.243 e. The summed E-state index contributed by atoms with van der Waals surface area (Å²) < 4.78 is 0. The Kier molecular flexibility index (Phi) is 2.49. The molecule has 2 aliphatic heterocycles. The first-order chi connectivity index (χ1) is 6.68. The van der Waals surface area contributed by atoms with Crippen LogP contribution in [0.4, 0.5) is 0 Å². The summed E-state index contributed by atoms with van der Waals surface area (Å²) in [6.45, 7) is 4.02. The SMILES string of the molecule is CCC1(C(=O)N2CC(O)C2)CCCN1. The third kappa shape index (κ3) is 1.42. The Balaban J connectivity index is 2.01. The van der Waals surface area contributed by atoms with Crippen molar-refractivity contribution in [1.82, 2.24) is 10.2 Å². The van der Waals surface area contributed by atoms with Gasteiger partial charge in [-0.25, -0.2) is 0 Å². The van der Waals surface area contributed by atoms with Gasteiger partial charge in [-0.2, -0.15) is 0 Å². The van der Waals surface area contributed by atoms with Gasteiger partial charge < -0.3 is 15.3 Å². The number of likely N-dealkylation sites (tertiary alicyclic amines) is 1. The van der Waals surface area contributed by atoms with Crippen LogP contribution in [0.3, 0.4) is 0 Å². The van der Waals surface area contributed by atoms with Crippen LogP contribution in [0.25, 0.3) is 0 Å². The Morgan fingerprint density at radius 1 is 1.64 bits per heavy atom. The van der Waals surface area contributed by atoms with Gasteiger partial charge in [0.25, 0.3) is 0 Å². The zero-order chi connectivity index (χ0) is 10.2. The van der Waals surface area contributed by atoms with Gasteiger partial charge in [0.15, 0.2) is 0 Å². The number of nitrogens with one attached hydrogen (secondary N) is 1. The number of hydrogen-bond acceptors (Lipinski definition) is 3. The normalized spacial score (nSPS) is 33.1. The van der Waals surface area contributed by atoms with Crippen molar-refractivity contribution in [3.05, 3.63) is 0 Å². The van der Waals surface area contributed by atoms with Crippen molar-refractivity contribution in [1.29, 1.82) is 0 Å². The van der Waals surface area contributed by atoms with E-state index < -0.39 is 0 Å². The summed E-state index contributed by atoms with van der Waals surface area (Å²) in [6.07, 6.45) is 2.57. The highest BCUT2D eigenvalue weighted by Gasteiger charge is 2.44. The Morgan fingerprint density at radius 3 is 2.79 bits per heavy atom. The fourth-order valence-corrected chi connectivity index (χ4v) is 2.37. The molecule has 4 heteroatoms. The van der Waals surface area contributed by atoms with E-state index in [1.54, 1.807) is 4.90 Å². The fourth-order valence-electron chi connectivity index (χ4n) is 2.37. The molecule has 0 radical (unpaired) electrons. The predicted molar refractivity (Wildman–Crippen MR) is 52.8 cm³/mol. The number of nitrogens with zero attached hydrogens (tertiary/aromatic N) is 1. The largest absolute Gasteiger partial charge is 0.389 e. The average molecular weight is 198 g/mol. The number of amides is 1. The highest BCUT2D eigenvalue weighted by molar-refractivity contribution is 5.87. The van der Waals surface area contributed by atoms with E-state index in [9.17, 15) is 4.79 Å². The molecule has 2 aliphatic rings. The zero-order valence-corrected chi connectivity index (χ0v) is 8.62. The zero-order valence-electron chi connectivity index (χ0n) is 8.62. The van der Waals surface area contributed by atoms with E-state index in [4.69, 9.17) is 5.11 Å². The molecule has 2 heterocycles. The van der Waals surface area contributed by atoms with Gasteiger partial charge in [-0.3, -0.25) is 4.79 Å². The molecule has 2 fully saturated rings. The van der Waals surface area contributed by atoms with Crippen molar-refractivity contribution in [2.75, 3.05) is 19.6 Å². The van der Waals surface area contributed by atoms with Crippen LogP contribution in [-0.4, -0.2) is 47.2 Å². The molecule has 2 rings (SSSR count). The van der Waals surface area contributed by atoms with Crippen molar-refractivity contribution in [3.8, 4) is 0 Å². The number of aliphatic hydroxyl groups is 1. The summed E-state index contributed by atoms with van der Waals surface area (Å²) in [7, 11) is 0. The van der Waals surface area contributed by atoms with Gasteiger partial charge in [-0.15, -0.1) is 0 Å². The van der Waals surface area contributed by atoms with Gasteiger partial charge in [0, 0.05) is 13.1 Å². The molecule has 2 saturated heterocycles. The van der Waals surface area contributed by atoms with E-state index in [2.05, 4.69) is 5.32 Å². The van der Waals surface area contributed by atoms with E-state index in [0.29, 0.717) is 13.1 Å². The molecule has 80 valence electrons. The minimum atomic E-state index is -0.319. The molecular weight excluding hydrogens is 180 g/mol. The molecule has 4 nitrogen and oxygen atoms in total. The second-order valence-electron chi connectivity index (χ2n) is 4.33. The van der Waals surface area contributed by atoms with Crippen LogP contribution in [0.2, 0.25) is 0 Å². The van der Waals surface area contributed by atoms with Crippen LogP contribution in [0, 0.1) is 0 Å². The molecule has 0 aromatic rings. The Morgan fingerprint density at radius 2 is 2.36 bits per heavy atom. The van der Waals surface area contributed by atoms with Crippen LogP contribution >= 0.6 is 0 Å². The third-order valence-electron chi connectivity index (χ3n) is 3.41. The van der Waals surface area contributed by atoms with E-state index in [1.807, 2.05) is 6.92 Å². The maximum Gasteiger partial charge on any atom is 0.243 e.